The quantitative estimate of drug-likeness (QED) is 0.364. The van der Waals surface area contributed by atoms with E-state index in [0.717, 1.165) is 31.0 Å². The number of H-pyrrole nitrogens is 1. The van der Waals surface area contributed by atoms with Crippen molar-refractivity contribution < 1.29 is 13.9 Å². The summed E-state index contributed by atoms with van der Waals surface area (Å²) in [6.45, 7) is 4.23. The predicted octanol–water partition coefficient (Wildman–Crippen LogP) is 4.24. The van der Waals surface area contributed by atoms with Crippen molar-refractivity contribution in [2.75, 3.05) is 31.6 Å². The molecule has 4 aromatic heterocycles. The fourth-order valence-corrected chi connectivity index (χ4v) is 5.81. The number of morpholine rings is 1. The minimum absolute atomic E-state index is 0.145. The summed E-state index contributed by atoms with van der Waals surface area (Å²) in [6, 6.07) is 11.6. The van der Waals surface area contributed by atoms with Gasteiger partial charge in [-0.3, -0.25) is 9.78 Å². The molecule has 5 aromatic rings. The molecule has 0 saturated carbocycles. The Hall–Kier alpha value is -4.31. The number of pyridine rings is 1. The Morgan fingerprint density at radius 2 is 2.00 bits per heavy atom. The van der Waals surface area contributed by atoms with Gasteiger partial charge in [0.2, 0.25) is 0 Å². The zero-order chi connectivity index (χ0) is 26.6. The van der Waals surface area contributed by atoms with Crippen molar-refractivity contribution in [2.24, 2.45) is 0 Å². The minimum Gasteiger partial charge on any atom is -0.378 e. The molecule has 2 aliphatic rings. The first-order valence-electron chi connectivity index (χ1n) is 13.2. The summed E-state index contributed by atoms with van der Waals surface area (Å²) in [5, 5.41) is 9.56. The molecular formula is C29H28FN7O2. The van der Waals surface area contributed by atoms with Crippen LogP contribution < -0.4 is 5.32 Å². The van der Waals surface area contributed by atoms with Gasteiger partial charge in [0.1, 0.15) is 17.2 Å². The van der Waals surface area contributed by atoms with Gasteiger partial charge in [0, 0.05) is 53.1 Å². The molecule has 1 aliphatic heterocycles. The molecule has 9 nitrogen and oxygen atoms in total. The first-order valence-corrected chi connectivity index (χ1v) is 13.2. The summed E-state index contributed by atoms with van der Waals surface area (Å²) in [5.74, 6) is 0.0903. The third-order valence-corrected chi connectivity index (χ3v) is 7.83. The van der Waals surface area contributed by atoms with E-state index in [-0.39, 0.29) is 11.4 Å². The van der Waals surface area contributed by atoms with Crippen LogP contribution in [0.25, 0.3) is 27.8 Å². The smallest absolute Gasteiger partial charge is 0.259 e. The summed E-state index contributed by atoms with van der Waals surface area (Å²) in [4.78, 5) is 27.6. The van der Waals surface area contributed by atoms with E-state index in [4.69, 9.17) is 9.72 Å². The van der Waals surface area contributed by atoms with Crippen molar-refractivity contribution in [1.29, 1.82) is 0 Å². The number of nitrogens with one attached hydrogen (secondary N) is 2. The van der Waals surface area contributed by atoms with E-state index < -0.39 is 5.82 Å². The van der Waals surface area contributed by atoms with Crippen molar-refractivity contribution in [2.45, 2.75) is 31.7 Å². The van der Waals surface area contributed by atoms with Gasteiger partial charge in [0.15, 0.2) is 5.65 Å². The number of halogens is 1. The number of aromatic nitrogens is 5. The summed E-state index contributed by atoms with van der Waals surface area (Å²) < 4.78 is 21.2. The second-order valence-corrected chi connectivity index (χ2v) is 10.6. The fraction of sp³-hybridized carbons (Fsp3) is 0.310. The third kappa shape index (κ3) is 4.21. The predicted molar refractivity (Wildman–Crippen MR) is 145 cm³/mol. The lowest BCUT2D eigenvalue weighted by molar-refractivity contribution is 0.0304. The highest BCUT2D eigenvalue weighted by Crippen LogP contribution is 2.36. The molecule has 1 aliphatic carbocycles. The maximum Gasteiger partial charge on any atom is 0.259 e. The lowest BCUT2D eigenvalue weighted by Gasteiger charge is -2.35. The molecule has 7 rings (SSSR count). The van der Waals surface area contributed by atoms with Gasteiger partial charge in [-0.1, -0.05) is 18.2 Å². The molecule has 198 valence electrons. The van der Waals surface area contributed by atoms with Crippen LogP contribution in [0, 0.1) is 5.82 Å². The number of carbonyl (C=O) groups excluding carboxylic acids is 1. The standard InChI is InChI=1S/C29H28FN7O2/c1-29(7-6-24-21(14-29)20-4-2-3-5-23(20)33-24)35-26-13-25(18-12-19(30)16-31-15-18)34-27-22(17-32-37(26)27)28(38)36-8-10-39-11-9-36/h2-5,12-13,15-17,33,35H,6-11,14H2,1H3/t29-/m0/s1. The molecular weight excluding hydrogens is 497 g/mol. The van der Waals surface area contributed by atoms with Crippen LogP contribution in [0.5, 0.6) is 0 Å². The number of nitrogens with zero attached hydrogens (tertiary/aromatic N) is 5. The molecule has 0 radical (unpaired) electrons. The molecule has 0 unspecified atom stereocenters. The van der Waals surface area contributed by atoms with Crippen LogP contribution in [0.15, 0.2) is 55.0 Å². The second kappa shape index (κ2) is 9.16. The van der Waals surface area contributed by atoms with Gasteiger partial charge < -0.3 is 19.9 Å². The SMILES string of the molecule is C[C@]1(Nc2cc(-c3cncc(F)c3)nc3c(C(=O)N4CCOCC4)cnn23)CCc2[nH]c3ccccc3c2C1. The molecule has 0 spiro atoms. The van der Waals surface area contributed by atoms with Crippen molar-refractivity contribution in [3.05, 3.63) is 77.6 Å². The van der Waals surface area contributed by atoms with Crippen molar-refractivity contribution in [3.8, 4) is 11.3 Å². The topological polar surface area (TPSA) is 100 Å². The molecule has 1 atom stereocenters. The number of amides is 1. The zero-order valence-electron chi connectivity index (χ0n) is 21.6. The summed E-state index contributed by atoms with van der Waals surface area (Å²) in [7, 11) is 0. The fourth-order valence-electron chi connectivity index (χ4n) is 5.81. The number of hydrogen-bond donors (Lipinski definition) is 2. The molecule has 0 bridgehead atoms. The van der Waals surface area contributed by atoms with Crippen molar-refractivity contribution >= 4 is 28.3 Å². The number of ether oxygens (including phenoxy) is 1. The van der Waals surface area contributed by atoms with Crippen LogP contribution in [-0.4, -0.2) is 67.2 Å². The van der Waals surface area contributed by atoms with Gasteiger partial charge >= 0.3 is 0 Å². The van der Waals surface area contributed by atoms with E-state index in [1.807, 2.05) is 12.1 Å². The number of carbonyl (C=O) groups is 1. The van der Waals surface area contributed by atoms with E-state index >= 15 is 0 Å². The van der Waals surface area contributed by atoms with Gasteiger partial charge in [-0.25, -0.2) is 9.37 Å². The molecule has 1 amide bonds. The van der Waals surface area contributed by atoms with Gasteiger partial charge in [-0.05, 0) is 43.9 Å². The highest BCUT2D eigenvalue weighted by Gasteiger charge is 2.33. The Bertz CT molecular complexity index is 1720. The number of anilines is 1. The number of benzene rings is 1. The Labute approximate surface area is 224 Å². The highest BCUT2D eigenvalue weighted by atomic mass is 19.1. The molecule has 2 N–H and O–H groups in total. The minimum atomic E-state index is -0.451. The first-order chi connectivity index (χ1) is 19.0. The highest BCUT2D eigenvalue weighted by molar-refractivity contribution is 6.00. The number of aryl methyl sites for hydroxylation is 1. The summed E-state index contributed by atoms with van der Waals surface area (Å²) >= 11 is 0. The molecule has 39 heavy (non-hydrogen) atoms. The molecule has 1 aromatic carbocycles. The van der Waals surface area contributed by atoms with E-state index in [1.165, 1.54) is 22.7 Å². The number of hydrogen-bond acceptors (Lipinski definition) is 6. The maximum absolute atomic E-state index is 14.1. The van der Waals surface area contributed by atoms with Crippen molar-refractivity contribution in [3.63, 3.8) is 0 Å². The third-order valence-electron chi connectivity index (χ3n) is 7.83. The molecule has 10 heteroatoms. The Morgan fingerprint density at radius 3 is 2.85 bits per heavy atom. The van der Waals surface area contributed by atoms with Gasteiger partial charge in [0.05, 0.1) is 31.3 Å². The van der Waals surface area contributed by atoms with Crippen LogP contribution in [0.2, 0.25) is 0 Å². The average Bonchev–Trinajstić information content (AvgIpc) is 3.54. The lowest BCUT2D eigenvalue weighted by Crippen LogP contribution is -2.41. The number of fused-ring (bicyclic) bond motifs is 4. The van der Waals surface area contributed by atoms with E-state index in [1.54, 1.807) is 21.8 Å². The maximum atomic E-state index is 14.1. The van der Waals surface area contributed by atoms with E-state index in [2.05, 4.69) is 45.5 Å². The largest absolute Gasteiger partial charge is 0.378 e. The van der Waals surface area contributed by atoms with Gasteiger partial charge in [0.25, 0.3) is 5.91 Å². The molecule has 1 fully saturated rings. The number of rotatable bonds is 4. The van der Waals surface area contributed by atoms with Gasteiger partial charge in [-0.2, -0.15) is 9.61 Å². The van der Waals surface area contributed by atoms with Crippen LogP contribution in [0.1, 0.15) is 35.0 Å². The average molecular weight is 526 g/mol. The molecule has 5 heterocycles. The summed E-state index contributed by atoms with van der Waals surface area (Å²) in [6.07, 6.45) is 6.92. The van der Waals surface area contributed by atoms with Crippen LogP contribution in [0.4, 0.5) is 10.2 Å². The summed E-state index contributed by atoms with van der Waals surface area (Å²) in [5.41, 5.74) is 5.32. The zero-order valence-corrected chi connectivity index (χ0v) is 21.6. The van der Waals surface area contributed by atoms with E-state index in [9.17, 15) is 9.18 Å². The molecule has 1 saturated heterocycles. The monoisotopic (exact) mass is 525 g/mol. The Morgan fingerprint density at radius 1 is 1.15 bits per heavy atom. The first kappa shape index (κ1) is 23.8. The van der Waals surface area contributed by atoms with Crippen LogP contribution in [0.3, 0.4) is 0 Å². The normalized spacial score (nSPS) is 19.4. The second-order valence-electron chi connectivity index (χ2n) is 10.6. The lowest BCUT2D eigenvalue weighted by atomic mass is 9.81. The van der Waals surface area contributed by atoms with Crippen LogP contribution >= 0.6 is 0 Å². The van der Waals surface area contributed by atoms with Gasteiger partial charge in [-0.15, -0.1) is 0 Å². The number of aromatic amines is 1. The Kier molecular flexibility index (Phi) is 5.59. The Balaban J connectivity index is 1.31. The van der Waals surface area contributed by atoms with Crippen molar-refractivity contribution in [1.82, 2.24) is 29.5 Å². The van der Waals surface area contributed by atoms with Crippen LogP contribution in [-0.2, 0) is 17.6 Å². The van der Waals surface area contributed by atoms with E-state index in [0.29, 0.717) is 54.6 Å². The number of para-hydroxylation sites is 1.